The fourth-order valence-electron chi connectivity index (χ4n) is 1.20. The second-order valence-electron chi connectivity index (χ2n) is 4.76. The van der Waals surface area contributed by atoms with Gasteiger partial charge in [-0.15, -0.1) is 0 Å². The van der Waals surface area contributed by atoms with Crippen LogP contribution in [0.2, 0.25) is 0 Å². The van der Waals surface area contributed by atoms with Gasteiger partial charge in [0.05, 0.1) is 6.61 Å². The molecule has 0 heterocycles. The van der Waals surface area contributed by atoms with Crippen LogP contribution in [0.5, 0.6) is 0 Å². The molecule has 2 heteroatoms. The molecule has 0 aromatic heterocycles. The van der Waals surface area contributed by atoms with Crippen LogP contribution in [0.15, 0.2) is 24.3 Å². The molecule has 1 aromatic rings. The first kappa shape index (κ1) is 19.5. The predicted octanol–water partition coefficient (Wildman–Crippen LogP) is 3.95. The Balaban J connectivity index is 0. The zero-order valence-corrected chi connectivity index (χ0v) is 13.2. The highest BCUT2D eigenvalue weighted by molar-refractivity contribution is 5.20. The highest BCUT2D eigenvalue weighted by atomic mass is 16.5. The summed E-state index contributed by atoms with van der Waals surface area (Å²) in [6.45, 7) is 12.8. The Labute approximate surface area is 114 Å². The molecule has 0 radical (unpaired) electrons. The summed E-state index contributed by atoms with van der Waals surface area (Å²) < 4.78 is 4.78. The van der Waals surface area contributed by atoms with E-state index in [0.717, 1.165) is 6.42 Å². The minimum Gasteiger partial charge on any atom is -0.383 e. The van der Waals surface area contributed by atoms with Gasteiger partial charge in [-0.3, -0.25) is 0 Å². The van der Waals surface area contributed by atoms with Gasteiger partial charge in [-0.25, -0.2) is 0 Å². The molecule has 0 unspecified atom stereocenters. The largest absolute Gasteiger partial charge is 0.383 e. The van der Waals surface area contributed by atoms with Gasteiger partial charge in [-0.1, -0.05) is 50.6 Å². The Hall–Kier alpha value is -0.860. The van der Waals surface area contributed by atoms with Crippen molar-refractivity contribution in [1.29, 1.82) is 0 Å². The van der Waals surface area contributed by atoms with Crippen molar-refractivity contribution in [3.63, 3.8) is 0 Å². The topological polar surface area (TPSA) is 35.2 Å². The lowest BCUT2D eigenvalue weighted by atomic mass is 10.1. The number of nitrogens with two attached hydrogens (primary N) is 1. The summed E-state index contributed by atoms with van der Waals surface area (Å²) in [6, 6.07) is 8.66. The zero-order valence-electron chi connectivity index (χ0n) is 13.2. The molecule has 18 heavy (non-hydrogen) atoms. The van der Waals surface area contributed by atoms with Gasteiger partial charge in [0.25, 0.3) is 0 Å². The van der Waals surface area contributed by atoms with Gasteiger partial charge >= 0.3 is 0 Å². The van der Waals surface area contributed by atoms with Crippen molar-refractivity contribution in [2.45, 2.75) is 53.5 Å². The van der Waals surface area contributed by atoms with Crippen molar-refractivity contribution in [2.24, 2.45) is 5.73 Å². The third-order valence-electron chi connectivity index (χ3n) is 2.05. The first-order valence-corrected chi connectivity index (χ1v) is 6.72. The molecule has 2 nitrogen and oxygen atoms in total. The molecule has 106 valence electrons. The fraction of sp³-hybridized carbons (Fsp3) is 0.625. The number of ether oxygens (including phenoxy) is 1. The van der Waals surface area contributed by atoms with Crippen molar-refractivity contribution in [2.75, 3.05) is 13.7 Å². The molecule has 0 fully saturated rings. The molecule has 0 saturated carbocycles. The van der Waals surface area contributed by atoms with E-state index in [1.54, 1.807) is 7.11 Å². The lowest BCUT2D eigenvalue weighted by Gasteiger charge is -2.15. The monoisotopic (exact) mass is 253 g/mol. The van der Waals surface area contributed by atoms with Gasteiger partial charge in [0.2, 0.25) is 0 Å². The number of methoxy groups -OCH3 is 1. The minimum atomic E-state index is -0.172. The quantitative estimate of drug-likeness (QED) is 0.885. The van der Waals surface area contributed by atoms with E-state index in [9.17, 15) is 0 Å². The number of hydrogen-bond acceptors (Lipinski definition) is 2. The summed E-state index contributed by atoms with van der Waals surface area (Å²) in [7, 11) is 1.65. The number of hydrogen-bond donors (Lipinski definition) is 1. The second-order valence-corrected chi connectivity index (χ2v) is 4.76. The SMILES string of the molecule is CC.CCc1ccc(C)cc1.COCC(C)(C)N. The van der Waals surface area contributed by atoms with Crippen LogP contribution in [-0.4, -0.2) is 19.3 Å². The summed E-state index contributed by atoms with van der Waals surface area (Å²) in [6.07, 6.45) is 1.14. The van der Waals surface area contributed by atoms with Crippen LogP contribution in [0.3, 0.4) is 0 Å². The number of aryl methyl sites for hydroxylation is 2. The average molecular weight is 253 g/mol. The predicted molar refractivity (Wildman–Crippen MR) is 82.0 cm³/mol. The second kappa shape index (κ2) is 11.2. The number of rotatable bonds is 3. The molecule has 1 aromatic carbocycles. The van der Waals surface area contributed by atoms with Crippen LogP contribution >= 0.6 is 0 Å². The van der Waals surface area contributed by atoms with Crippen LogP contribution in [0, 0.1) is 6.92 Å². The van der Waals surface area contributed by atoms with E-state index in [0.29, 0.717) is 6.61 Å². The smallest absolute Gasteiger partial charge is 0.0636 e. The molecular weight excluding hydrogens is 222 g/mol. The zero-order chi connectivity index (χ0) is 14.6. The maximum atomic E-state index is 5.52. The van der Waals surface area contributed by atoms with Crippen molar-refractivity contribution < 1.29 is 4.74 Å². The molecule has 0 amide bonds. The van der Waals surface area contributed by atoms with Crippen LogP contribution < -0.4 is 5.73 Å². The molecule has 0 aliphatic carbocycles. The van der Waals surface area contributed by atoms with Gasteiger partial charge < -0.3 is 10.5 Å². The van der Waals surface area contributed by atoms with Crippen LogP contribution in [-0.2, 0) is 11.2 Å². The Morgan fingerprint density at radius 2 is 1.56 bits per heavy atom. The third-order valence-corrected chi connectivity index (χ3v) is 2.05. The highest BCUT2D eigenvalue weighted by Crippen LogP contribution is 2.02. The lowest BCUT2D eigenvalue weighted by Crippen LogP contribution is -2.36. The summed E-state index contributed by atoms with van der Waals surface area (Å²) in [4.78, 5) is 0. The third kappa shape index (κ3) is 13.2. The maximum Gasteiger partial charge on any atom is 0.0636 e. The van der Waals surface area contributed by atoms with Crippen molar-refractivity contribution in [1.82, 2.24) is 0 Å². The Kier molecular flexibility index (Phi) is 12.2. The van der Waals surface area contributed by atoms with Gasteiger partial charge in [-0.2, -0.15) is 0 Å². The summed E-state index contributed by atoms with van der Waals surface area (Å²) in [5.74, 6) is 0. The van der Waals surface area contributed by atoms with E-state index in [1.807, 2.05) is 27.7 Å². The van der Waals surface area contributed by atoms with E-state index in [4.69, 9.17) is 10.5 Å². The van der Waals surface area contributed by atoms with E-state index < -0.39 is 0 Å². The normalized spacial score (nSPS) is 9.78. The Morgan fingerprint density at radius 1 is 1.11 bits per heavy atom. The van der Waals surface area contributed by atoms with Crippen LogP contribution in [0.25, 0.3) is 0 Å². The molecular formula is C16H31NO. The Bertz CT molecular complexity index is 272. The fourth-order valence-corrected chi connectivity index (χ4v) is 1.20. The molecule has 1 rings (SSSR count). The van der Waals surface area contributed by atoms with Gasteiger partial charge in [0.15, 0.2) is 0 Å². The van der Waals surface area contributed by atoms with Gasteiger partial charge in [-0.05, 0) is 32.8 Å². The van der Waals surface area contributed by atoms with E-state index in [1.165, 1.54) is 11.1 Å². The summed E-state index contributed by atoms with van der Waals surface area (Å²) >= 11 is 0. The molecule has 0 atom stereocenters. The maximum absolute atomic E-state index is 5.52. The molecule has 2 N–H and O–H groups in total. The summed E-state index contributed by atoms with van der Waals surface area (Å²) in [5.41, 5.74) is 8.11. The Morgan fingerprint density at radius 3 is 1.78 bits per heavy atom. The van der Waals surface area contributed by atoms with E-state index in [-0.39, 0.29) is 5.54 Å². The highest BCUT2D eigenvalue weighted by Gasteiger charge is 2.07. The molecule has 0 saturated heterocycles. The molecule has 0 spiro atoms. The van der Waals surface area contributed by atoms with Crippen LogP contribution in [0.4, 0.5) is 0 Å². The van der Waals surface area contributed by atoms with Gasteiger partial charge in [0.1, 0.15) is 0 Å². The van der Waals surface area contributed by atoms with Crippen molar-refractivity contribution >= 4 is 0 Å². The van der Waals surface area contributed by atoms with E-state index in [2.05, 4.69) is 38.1 Å². The lowest BCUT2D eigenvalue weighted by molar-refractivity contribution is 0.149. The van der Waals surface area contributed by atoms with Crippen molar-refractivity contribution in [3.8, 4) is 0 Å². The molecule has 0 aliphatic heterocycles. The number of benzene rings is 1. The first-order valence-electron chi connectivity index (χ1n) is 6.72. The standard InChI is InChI=1S/C9H12.C5H13NO.C2H6/c1-3-9-6-4-8(2)5-7-9;1-5(2,6)4-7-3;1-2/h4-7H,3H2,1-2H3;4,6H2,1-3H3;1-2H3. The summed E-state index contributed by atoms with van der Waals surface area (Å²) in [5, 5.41) is 0. The molecule has 0 bridgehead atoms. The average Bonchev–Trinajstić information content (AvgIpc) is 2.32. The van der Waals surface area contributed by atoms with Crippen molar-refractivity contribution in [3.05, 3.63) is 35.4 Å². The minimum absolute atomic E-state index is 0.172. The first-order chi connectivity index (χ1) is 8.39. The van der Waals surface area contributed by atoms with Crippen LogP contribution in [0.1, 0.15) is 45.7 Å². The molecule has 0 aliphatic rings. The van der Waals surface area contributed by atoms with Gasteiger partial charge in [0, 0.05) is 12.6 Å². The van der Waals surface area contributed by atoms with E-state index >= 15 is 0 Å².